The zero-order valence-electron chi connectivity index (χ0n) is 22.8. The summed E-state index contributed by atoms with van der Waals surface area (Å²) in [6.45, 7) is -0.481. The maximum Gasteiger partial charge on any atom is 0.424 e. The number of ether oxygens (including phenoxy) is 1. The molecule has 2 aliphatic rings. The number of rotatable bonds is 7. The highest BCUT2D eigenvalue weighted by Crippen LogP contribution is 2.48. The molecule has 2 atom stereocenters. The first-order valence-corrected chi connectivity index (χ1v) is 13.3. The molecule has 9 nitrogen and oxygen atoms in total. The molecule has 0 unspecified atom stereocenters. The second kappa shape index (κ2) is 9.67. The van der Waals surface area contributed by atoms with Gasteiger partial charge >= 0.3 is 6.18 Å². The minimum Gasteiger partial charge on any atom is -0.489 e. The minimum absolute atomic E-state index is 0.0418. The van der Waals surface area contributed by atoms with E-state index < -0.39 is 64.2 Å². The molecule has 15 heteroatoms. The van der Waals surface area contributed by atoms with Crippen LogP contribution in [0.3, 0.4) is 0 Å². The SMILES string of the molecule is C[C@]1(C(N)=O)COc2c1cc([C@@](O)(CNC(=O)c1cc(F)c3nn(C4(F)CC4)cc3c1)C(F)(F)F)nc2-c1ccc(F)cc1. The molecule has 4 N–H and O–H groups in total. The standard InChI is InChI=1S/C29H23F6N5O4/c1-26(25(36)42)13-44-23-18(26)10-20(38-22(23)14-2-4-17(30)5-3-14)28(43,29(33,34)35)12-37-24(41)15-8-16-11-40(27(32)6-7-27)39-21(16)19(31)9-15/h2-5,8-11,43H,6-7,12-13H2,1H3,(H2,36,42)(H,37,41)/t26-,28-/m0/s1. The third kappa shape index (κ3) is 4.62. The van der Waals surface area contributed by atoms with Gasteiger partial charge in [-0.05, 0) is 49.4 Å². The highest BCUT2D eigenvalue weighted by atomic mass is 19.4. The lowest BCUT2D eigenvalue weighted by Gasteiger charge is -2.31. The predicted molar refractivity (Wildman–Crippen MR) is 142 cm³/mol. The molecule has 0 radical (unpaired) electrons. The summed E-state index contributed by atoms with van der Waals surface area (Å²) >= 11 is 0. The summed E-state index contributed by atoms with van der Waals surface area (Å²) in [5, 5.41) is 17.0. The highest BCUT2D eigenvalue weighted by Gasteiger charge is 2.58. The number of hydrogen-bond donors (Lipinski definition) is 3. The van der Waals surface area contributed by atoms with Gasteiger partial charge in [0.05, 0.1) is 12.2 Å². The Labute approximate surface area is 244 Å². The lowest BCUT2D eigenvalue weighted by Crippen LogP contribution is -2.51. The normalized spacial score (nSPS) is 20.1. The molecule has 44 heavy (non-hydrogen) atoms. The fourth-order valence-corrected chi connectivity index (χ4v) is 5.01. The molecule has 3 heterocycles. The van der Waals surface area contributed by atoms with Crippen LogP contribution in [0.1, 0.15) is 41.4 Å². The van der Waals surface area contributed by atoms with Gasteiger partial charge in [0.25, 0.3) is 5.91 Å². The van der Waals surface area contributed by atoms with E-state index in [4.69, 9.17) is 10.5 Å². The minimum atomic E-state index is -5.44. The summed E-state index contributed by atoms with van der Waals surface area (Å²) in [7, 11) is 0. The number of benzene rings is 2. The van der Waals surface area contributed by atoms with E-state index in [1.165, 1.54) is 25.3 Å². The second-order valence-electron chi connectivity index (χ2n) is 11.2. The van der Waals surface area contributed by atoms with Crippen molar-refractivity contribution in [1.29, 1.82) is 0 Å². The Morgan fingerprint density at radius 1 is 1.14 bits per heavy atom. The van der Waals surface area contributed by atoms with Crippen molar-refractivity contribution in [3.05, 3.63) is 77.1 Å². The van der Waals surface area contributed by atoms with E-state index >= 15 is 0 Å². The number of fused-ring (bicyclic) bond motifs is 2. The van der Waals surface area contributed by atoms with Crippen LogP contribution >= 0.6 is 0 Å². The molecule has 4 aromatic rings. The van der Waals surface area contributed by atoms with Gasteiger partial charge in [0.2, 0.25) is 17.3 Å². The Morgan fingerprint density at radius 3 is 2.43 bits per heavy atom. The average molecular weight is 620 g/mol. The highest BCUT2D eigenvalue weighted by molar-refractivity contribution is 5.98. The first kappa shape index (κ1) is 29.4. The lowest BCUT2D eigenvalue weighted by atomic mass is 9.81. The predicted octanol–water partition coefficient (Wildman–Crippen LogP) is 4.11. The van der Waals surface area contributed by atoms with Crippen molar-refractivity contribution in [2.24, 2.45) is 5.73 Å². The van der Waals surface area contributed by atoms with E-state index in [-0.39, 0.29) is 52.9 Å². The fraction of sp³-hybridized carbons (Fsp3) is 0.310. The zero-order chi connectivity index (χ0) is 31.8. The number of amides is 2. The molecule has 1 aliphatic carbocycles. The maximum absolute atomic E-state index is 14.8. The van der Waals surface area contributed by atoms with E-state index in [1.807, 2.05) is 5.32 Å². The molecule has 230 valence electrons. The first-order valence-electron chi connectivity index (χ1n) is 13.3. The fourth-order valence-electron chi connectivity index (χ4n) is 5.01. The summed E-state index contributed by atoms with van der Waals surface area (Å²) in [5.74, 6) is -5.60. The third-order valence-electron chi connectivity index (χ3n) is 8.03. The number of aromatic nitrogens is 3. The van der Waals surface area contributed by atoms with Crippen LogP contribution in [-0.4, -0.2) is 51.0 Å². The van der Waals surface area contributed by atoms with Gasteiger partial charge in [-0.25, -0.2) is 22.8 Å². The van der Waals surface area contributed by atoms with Crippen molar-refractivity contribution in [3.63, 3.8) is 0 Å². The molecule has 1 saturated carbocycles. The quantitative estimate of drug-likeness (QED) is 0.267. The van der Waals surface area contributed by atoms with Crippen molar-refractivity contribution in [1.82, 2.24) is 20.1 Å². The lowest BCUT2D eigenvalue weighted by molar-refractivity contribution is -0.265. The van der Waals surface area contributed by atoms with Gasteiger partial charge in [-0.3, -0.25) is 9.59 Å². The Bertz CT molecular complexity index is 1840. The van der Waals surface area contributed by atoms with Crippen LogP contribution in [0, 0.1) is 11.6 Å². The second-order valence-corrected chi connectivity index (χ2v) is 11.2. The number of nitrogens with two attached hydrogens (primary N) is 1. The van der Waals surface area contributed by atoms with Crippen LogP contribution in [0.25, 0.3) is 22.2 Å². The van der Waals surface area contributed by atoms with Gasteiger partial charge in [-0.1, -0.05) is 0 Å². The molecule has 2 amide bonds. The van der Waals surface area contributed by atoms with Crippen molar-refractivity contribution in [3.8, 4) is 17.0 Å². The Hall–Kier alpha value is -4.66. The van der Waals surface area contributed by atoms with Crippen molar-refractivity contribution in [2.75, 3.05) is 13.2 Å². The van der Waals surface area contributed by atoms with Crippen molar-refractivity contribution in [2.45, 2.75) is 42.8 Å². The van der Waals surface area contributed by atoms with Crippen LogP contribution in [0.2, 0.25) is 0 Å². The van der Waals surface area contributed by atoms with E-state index in [1.54, 1.807) is 0 Å². The number of carbonyl (C=O) groups excluding carboxylic acids is 2. The monoisotopic (exact) mass is 619 g/mol. The number of nitrogens with zero attached hydrogens (tertiary/aromatic N) is 3. The summed E-state index contributed by atoms with van der Waals surface area (Å²) in [4.78, 5) is 29.3. The summed E-state index contributed by atoms with van der Waals surface area (Å²) in [6, 6.07) is 7.20. The van der Waals surface area contributed by atoms with Crippen LogP contribution in [0.15, 0.2) is 48.7 Å². The molecule has 6 rings (SSSR count). The van der Waals surface area contributed by atoms with Crippen molar-refractivity contribution >= 4 is 22.7 Å². The summed E-state index contributed by atoms with van der Waals surface area (Å²) < 4.78 is 93.2. The smallest absolute Gasteiger partial charge is 0.424 e. The number of primary amides is 1. The number of alkyl halides is 4. The molecule has 0 bridgehead atoms. The topological polar surface area (TPSA) is 132 Å². The molecule has 2 aromatic heterocycles. The largest absolute Gasteiger partial charge is 0.489 e. The number of pyridine rings is 1. The number of hydrogen-bond acceptors (Lipinski definition) is 6. The van der Waals surface area contributed by atoms with Crippen LogP contribution in [0.4, 0.5) is 26.3 Å². The number of carbonyl (C=O) groups is 2. The first-order chi connectivity index (χ1) is 20.6. The van der Waals surface area contributed by atoms with E-state index in [0.717, 1.165) is 35.0 Å². The van der Waals surface area contributed by atoms with Crippen LogP contribution < -0.4 is 15.8 Å². The molecule has 1 aliphatic heterocycles. The molecule has 0 saturated heterocycles. The molecular weight excluding hydrogens is 596 g/mol. The molecule has 2 aromatic carbocycles. The summed E-state index contributed by atoms with van der Waals surface area (Å²) in [6.07, 6.45) is -3.90. The molecule has 1 fully saturated rings. The Morgan fingerprint density at radius 2 is 1.82 bits per heavy atom. The number of halogens is 6. The average Bonchev–Trinajstić information content (AvgIpc) is 3.40. The van der Waals surface area contributed by atoms with E-state index in [0.29, 0.717) is 0 Å². The van der Waals surface area contributed by atoms with E-state index in [2.05, 4.69) is 10.1 Å². The number of nitrogens with one attached hydrogen (secondary N) is 1. The van der Waals surface area contributed by atoms with E-state index in [9.17, 15) is 41.0 Å². The zero-order valence-corrected chi connectivity index (χ0v) is 22.8. The summed E-state index contributed by atoms with van der Waals surface area (Å²) in [5.41, 5.74) is -1.78. The van der Waals surface area contributed by atoms with Crippen molar-refractivity contribution < 1.29 is 45.8 Å². The Balaban J connectivity index is 1.39. The van der Waals surface area contributed by atoms with Gasteiger partial charge in [0.15, 0.2) is 5.82 Å². The van der Waals surface area contributed by atoms with Gasteiger partial charge in [0.1, 0.15) is 34.8 Å². The molecule has 0 spiro atoms. The van der Waals surface area contributed by atoms with Gasteiger partial charge in [-0.15, -0.1) is 0 Å². The molecular formula is C29H23F6N5O4. The Kier molecular flexibility index (Phi) is 6.47. The van der Waals surface area contributed by atoms with Gasteiger partial charge < -0.3 is 20.9 Å². The van der Waals surface area contributed by atoms with Crippen LogP contribution in [0.5, 0.6) is 5.75 Å². The van der Waals surface area contributed by atoms with Gasteiger partial charge in [-0.2, -0.15) is 18.3 Å². The van der Waals surface area contributed by atoms with Gasteiger partial charge in [0, 0.05) is 41.1 Å². The maximum atomic E-state index is 14.8. The number of aliphatic hydroxyl groups is 1. The third-order valence-corrected chi connectivity index (χ3v) is 8.03. The van der Waals surface area contributed by atoms with Crippen LogP contribution in [-0.2, 0) is 21.6 Å².